The summed E-state index contributed by atoms with van der Waals surface area (Å²) < 4.78 is 0. The Bertz CT molecular complexity index is 151. The standard InChI is InChI=1S/C8H14O2/c1-6(8(3)10)4-5-7(2)9/h4-5,8-10H,1-3H3/b6-4+,7-5+. The molecule has 0 aliphatic heterocycles. The van der Waals surface area contributed by atoms with Gasteiger partial charge in [-0.25, -0.2) is 0 Å². The van der Waals surface area contributed by atoms with Crippen LogP contribution in [-0.2, 0) is 0 Å². The summed E-state index contributed by atoms with van der Waals surface area (Å²) in [6, 6.07) is 0. The first-order chi connectivity index (χ1) is 4.54. The third kappa shape index (κ3) is 4.15. The molecule has 0 saturated heterocycles. The van der Waals surface area contributed by atoms with Gasteiger partial charge >= 0.3 is 0 Å². The molecule has 0 spiro atoms. The second kappa shape index (κ2) is 4.12. The molecule has 0 radical (unpaired) electrons. The lowest BCUT2D eigenvalue weighted by Crippen LogP contribution is -1.99. The van der Waals surface area contributed by atoms with E-state index in [4.69, 9.17) is 10.2 Å². The number of aliphatic hydroxyl groups excluding tert-OH is 2. The monoisotopic (exact) mass is 142 g/mol. The Morgan fingerprint density at radius 2 is 1.80 bits per heavy atom. The zero-order valence-electron chi connectivity index (χ0n) is 6.63. The molecule has 0 fully saturated rings. The Labute approximate surface area is 61.5 Å². The van der Waals surface area contributed by atoms with Gasteiger partial charge in [0.15, 0.2) is 0 Å². The van der Waals surface area contributed by atoms with Gasteiger partial charge in [0.25, 0.3) is 0 Å². The molecule has 0 aliphatic rings. The molecule has 0 aromatic carbocycles. The first kappa shape index (κ1) is 9.24. The fraction of sp³-hybridized carbons (Fsp3) is 0.500. The van der Waals surface area contributed by atoms with Crippen LogP contribution in [0.5, 0.6) is 0 Å². The SMILES string of the molecule is C/C(O)=C\C=C(/C)C(C)O. The Kier molecular flexibility index (Phi) is 3.81. The van der Waals surface area contributed by atoms with Crippen molar-refractivity contribution in [3.05, 3.63) is 23.5 Å². The highest BCUT2D eigenvalue weighted by molar-refractivity contribution is 5.14. The van der Waals surface area contributed by atoms with Gasteiger partial charge < -0.3 is 10.2 Å². The van der Waals surface area contributed by atoms with Crippen LogP contribution in [0.4, 0.5) is 0 Å². The largest absolute Gasteiger partial charge is 0.513 e. The summed E-state index contributed by atoms with van der Waals surface area (Å²) in [5, 5.41) is 17.7. The van der Waals surface area contributed by atoms with E-state index in [1.807, 2.05) is 6.92 Å². The smallest absolute Gasteiger partial charge is 0.0891 e. The van der Waals surface area contributed by atoms with Crippen molar-refractivity contribution >= 4 is 0 Å². The van der Waals surface area contributed by atoms with Crippen molar-refractivity contribution in [2.24, 2.45) is 0 Å². The fourth-order valence-corrected chi connectivity index (χ4v) is 0.391. The maximum atomic E-state index is 8.95. The van der Waals surface area contributed by atoms with Crippen molar-refractivity contribution in [1.29, 1.82) is 0 Å². The molecule has 0 aromatic heterocycles. The topological polar surface area (TPSA) is 40.5 Å². The Balaban J connectivity index is 4.05. The van der Waals surface area contributed by atoms with Crippen LogP contribution in [0.25, 0.3) is 0 Å². The molecule has 0 aliphatic carbocycles. The van der Waals surface area contributed by atoms with Crippen LogP contribution >= 0.6 is 0 Å². The molecule has 2 nitrogen and oxygen atoms in total. The Hall–Kier alpha value is -0.760. The molecule has 0 bridgehead atoms. The average Bonchev–Trinajstić information content (AvgIpc) is 1.82. The molecular formula is C8H14O2. The number of hydrogen-bond donors (Lipinski definition) is 2. The van der Waals surface area contributed by atoms with Gasteiger partial charge in [0.05, 0.1) is 11.9 Å². The first-order valence-electron chi connectivity index (χ1n) is 3.26. The highest BCUT2D eigenvalue weighted by Crippen LogP contribution is 2.00. The molecule has 10 heavy (non-hydrogen) atoms. The van der Waals surface area contributed by atoms with E-state index in [1.165, 1.54) is 0 Å². The minimum absolute atomic E-state index is 0.250. The summed E-state index contributed by atoms with van der Waals surface area (Å²) in [5.74, 6) is 0.250. The summed E-state index contributed by atoms with van der Waals surface area (Å²) in [6.45, 7) is 5.09. The molecule has 0 saturated carbocycles. The van der Waals surface area contributed by atoms with Crippen LogP contribution in [0.3, 0.4) is 0 Å². The molecule has 1 atom stereocenters. The highest BCUT2D eigenvalue weighted by atomic mass is 16.3. The first-order valence-corrected chi connectivity index (χ1v) is 3.26. The van der Waals surface area contributed by atoms with E-state index >= 15 is 0 Å². The molecule has 58 valence electrons. The quantitative estimate of drug-likeness (QED) is 0.455. The highest BCUT2D eigenvalue weighted by Gasteiger charge is 1.94. The molecule has 2 heteroatoms. The van der Waals surface area contributed by atoms with Gasteiger partial charge in [-0.05, 0) is 32.4 Å². The summed E-state index contributed by atoms with van der Waals surface area (Å²) in [4.78, 5) is 0. The van der Waals surface area contributed by atoms with Crippen molar-refractivity contribution in [3.8, 4) is 0 Å². The van der Waals surface area contributed by atoms with E-state index < -0.39 is 6.10 Å². The Morgan fingerprint density at radius 3 is 2.10 bits per heavy atom. The van der Waals surface area contributed by atoms with Gasteiger partial charge in [0.1, 0.15) is 0 Å². The van der Waals surface area contributed by atoms with E-state index in [9.17, 15) is 0 Å². The molecule has 0 rings (SSSR count). The van der Waals surface area contributed by atoms with E-state index in [2.05, 4.69) is 0 Å². The molecular weight excluding hydrogens is 128 g/mol. The predicted octanol–water partition coefficient (Wildman–Crippen LogP) is 1.78. The zero-order chi connectivity index (χ0) is 8.15. The lowest BCUT2D eigenvalue weighted by molar-refractivity contribution is 0.231. The van der Waals surface area contributed by atoms with Crippen LogP contribution < -0.4 is 0 Å². The lowest BCUT2D eigenvalue weighted by atomic mass is 10.2. The molecule has 0 amide bonds. The van der Waals surface area contributed by atoms with Gasteiger partial charge in [-0.2, -0.15) is 0 Å². The van der Waals surface area contributed by atoms with Crippen LogP contribution in [0, 0.1) is 0 Å². The van der Waals surface area contributed by atoms with Gasteiger partial charge in [-0.3, -0.25) is 0 Å². The van der Waals surface area contributed by atoms with E-state index in [0.717, 1.165) is 5.57 Å². The third-order valence-electron chi connectivity index (χ3n) is 1.25. The summed E-state index contributed by atoms with van der Waals surface area (Å²) in [7, 11) is 0. The van der Waals surface area contributed by atoms with Gasteiger partial charge in [0, 0.05) is 0 Å². The van der Waals surface area contributed by atoms with Gasteiger partial charge in [0.2, 0.25) is 0 Å². The summed E-state index contributed by atoms with van der Waals surface area (Å²) in [5.41, 5.74) is 0.841. The number of allylic oxidation sites excluding steroid dienone is 3. The molecule has 0 aromatic rings. The normalized spacial score (nSPS) is 17.2. The molecule has 2 N–H and O–H groups in total. The maximum absolute atomic E-state index is 8.95. The minimum Gasteiger partial charge on any atom is -0.513 e. The molecule has 1 unspecified atom stereocenters. The second-order valence-electron chi connectivity index (χ2n) is 2.39. The predicted molar refractivity (Wildman–Crippen MR) is 41.8 cm³/mol. The van der Waals surface area contributed by atoms with Gasteiger partial charge in [-0.15, -0.1) is 0 Å². The molecule has 0 heterocycles. The lowest BCUT2D eigenvalue weighted by Gasteiger charge is -2.00. The van der Waals surface area contributed by atoms with Crippen molar-refractivity contribution in [3.63, 3.8) is 0 Å². The van der Waals surface area contributed by atoms with Crippen LogP contribution in [0.2, 0.25) is 0 Å². The van der Waals surface area contributed by atoms with E-state index in [1.54, 1.807) is 26.0 Å². The van der Waals surface area contributed by atoms with Crippen LogP contribution in [-0.4, -0.2) is 16.3 Å². The minimum atomic E-state index is -0.435. The number of hydrogen-bond acceptors (Lipinski definition) is 2. The number of rotatable bonds is 2. The average molecular weight is 142 g/mol. The Morgan fingerprint density at radius 1 is 1.30 bits per heavy atom. The van der Waals surface area contributed by atoms with Crippen LogP contribution in [0.1, 0.15) is 20.8 Å². The van der Waals surface area contributed by atoms with Crippen molar-refractivity contribution < 1.29 is 10.2 Å². The van der Waals surface area contributed by atoms with Gasteiger partial charge in [-0.1, -0.05) is 6.08 Å². The zero-order valence-corrected chi connectivity index (χ0v) is 6.63. The van der Waals surface area contributed by atoms with Crippen molar-refractivity contribution in [2.45, 2.75) is 26.9 Å². The van der Waals surface area contributed by atoms with Crippen molar-refractivity contribution in [1.82, 2.24) is 0 Å². The van der Waals surface area contributed by atoms with Crippen LogP contribution in [0.15, 0.2) is 23.5 Å². The van der Waals surface area contributed by atoms with E-state index in [0.29, 0.717) is 0 Å². The third-order valence-corrected chi connectivity index (χ3v) is 1.25. The second-order valence-corrected chi connectivity index (χ2v) is 2.39. The van der Waals surface area contributed by atoms with Crippen molar-refractivity contribution in [2.75, 3.05) is 0 Å². The maximum Gasteiger partial charge on any atom is 0.0891 e. The number of aliphatic hydroxyl groups is 2. The summed E-state index contributed by atoms with van der Waals surface area (Å²) >= 11 is 0. The fourth-order valence-electron chi connectivity index (χ4n) is 0.391. The summed E-state index contributed by atoms with van der Waals surface area (Å²) in [6.07, 6.45) is 2.82. The van der Waals surface area contributed by atoms with E-state index in [-0.39, 0.29) is 5.76 Å².